The molecule has 1 heterocycles. The first-order valence-electron chi connectivity index (χ1n) is 6.84. The van der Waals surface area contributed by atoms with Crippen molar-refractivity contribution >= 4 is 5.69 Å². The average Bonchev–Trinajstić information content (AvgIpc) is 2.45. The SMILES string of the molecule is CCN1CCOC(CNc2cc(C(F)(F)F)ccc2F)C1. The second kappa shape index (κ2) is 6.62. The second-order valence-corrected chi connectivity index (χ2v) is 4.96. The summed E-state index contributed by atoms with van der Waals surface area (Å²) in [6.07, 6.45) is -4.64. The van der Waals surface area contributed by atoms with Gasteiger partial charge in [-0.3, -0.25) is 4.90 Å². The van der Waals surface area contributed by atoms with Gasteiger partial charge in [-0.05, 0) is 24.7 Å². The van der Waals surface area contributed by atoms with Crippen molar-refractivity contribution in [3.05, 3.63) is 29.6 Å². The Morgan fingerprint density at radius 3 is 2.81 bits per heavy atom. The number of rotatable bonds is 4. The van der Waals surface area contributed by atoms with E-state index < -0.39 is 17.6 Å². The third-order valence-corrected chi connectivity index (χ3v) is 3.48. The zero-order valence-corrected chi connectivity index (χ0v) is 11.7. The molecule has 1 saturated heterocycles. The summed E-state index contributed by atoms with van der Waals surface area (Å²) >= 11 is 0. The number of alkyl halides is 3. The topological polar surface area (TPSA) is 24.5 Å². The van der Waals surface area contributed by atoms with E-state index in [9.17, 15) is 17.6 Å². The molecule has 118 valence electrons. The highest BCUT2D eigenvalue weighted by molar-refractivity contribution is 5.48. The van der Waals surface area contributed by atoms with Crippen LogP contribution in [-0.2, 0) is 10.9 Å². The van der Waals surface area contributed by atoms with Crippen LogP contribution in [0.1, 0.15) is 12.5 Å². The predicted molar refractivity (Wildman–Crippen MR) is 71.7 cm³/mol. The molecule has 1 aliphatic heterocycles. The smallest absolute Gasteiger partial charge is 0.380 e. The molecule has 7 heteroatoms. The Bertz CT molecular complexity index is 479. The first-order chi connectivity index (χ1) is 9.90. The van der Waals surface area contributed by atoms with Crippen LogP contribution in [0.15, 0.2) is 18.2 Å². The van der Waals surface area contributed by atoms with Gasteiger partial charge in [0.25, 0.3) is 0 Å². The van der Waals surface area contributed by atoms with Crippen molar-refractivity contribution in [2.45, 2.75) is 19.2 Å². The van der Waals surface area contributed by atoms with E-state index in [2.05, 4.69) is 10.2 Å². The zero-order chi connectivity index (χ0) is 15.5. The van der Waals surface area contributed by atoms with E-state index >= 15 is 0 Å². The van der Waals surface area contributed by atoms with Gasteiger partial charge in [0.1, 0.15) is 5.82 Å². The number of anilines is 1. The summed E-state index contributed by atoms with van der Waals surface area (Å²) in [6, 6.07) is 2.34. The van der Waals surface area contributed by atoms with E-state index in [1.165, 1.54) is 0 Å². The lowest BCUT2D eigenvalue weighted by Gasteiger charge is -2.32. The van der Waals surface area contributed by atoms with Crippen LogP contribution in [0.5, 0.6) is 0 Å². The molecule has 1 aromatic carbocycles. The Morgan fingerprint density at radius 2 is 2.14 bits per heavy atom. The number of nitrogens with one attached hydrogen (secondary N) is 1. The predicted octanol–water partition coefficient (Wildman–Crippen LogP) is 2.98. The molecule has 0 saturated carbocycles. The largest absolute Gasteiger partial charge is 0.416 e. The van der Waals surface area contributed by atoms with Gasteiger partial charge in [-0.2, -0.15) is 13.2 Å². The van der Waals surface area contributed by atoms with Gasteiger partial charge in [0.15, 0.2) is 0 Å². The average molecular weight is 306 g/mol. The standard InChI is InChI=1S/C14H18F4N2O/c1-2-20-5-6-21-11(9-20)8-19-13-7-10(14(16,17)18)3-4-12(13)15/h3-4,7,11,19H,2,5-6,8-9H2,1H3. The van der Waals surface area contributed by atoms with Gasteiger partial charge < -0.3 is 10.1 Å². The minimum Gasteiger partial charge on any atom is -0.380 e. The van der Waals surface area contributed by atoms with Crippen LogP contribution in [0.4, 0.5) is 23.2 Å². The maximum absolute atomic E-state index is 13.6. The molecular weight excluding hydrogens is 288 g/mol. The van der Waals surface area contributed by atoms with Crippen LogP contribution in [-0.4, -0.2) is 43.8 Å². The van der Waals surface area contributed by atoms with Crippen LogP contribution < -0.4 is 5.32 Å². The molecule has 1 aliphatic rings. The van der Waals surface area contributed by atoms with Gasteiger partial charge in [-0.1, -0.05) is 6.92 Å². The van der Waals surface area contributed by atoms with Gasteiger partial charge >= 0.3 is 6.18 Å². The van der Waals surface area contributed by atoms with Crippen LogP contribution in [0, 0.1) is 5.82 Å². The summed E-state index contributed by atoms with van der Waals surface area (Å²) in [5.74, 6) is -0.703. The number of likely N-dealkylation sites (N-methyl/N-ethyl adjacent to an activating group) is 1. The maximum atomic E-state index is 13.6. The Morgan fingerprint density at radius 1 is 1.38 bits per heavy atom. The molecule has 0 spiro atoms. The summed E-state index contributed by atoms with van der Waals surface area (Å²) in [7, 11) is 0. The van der Waals surface area contributed by atoms with Crippen molar-refractivity contribution < 1.29 is 22.3 Å². The highest BCUT2D eigenvalue weighted by Gasteiger charge is 2.31. The van der Waals surface area contributed by atoms with E-state index in [4.69, 9.17) is 4.74 Å². The molecule has 0 amide bonds. The molecule has 2 rings (SSSR count). The Balaban J connectivity index is 1.99. The monoisotopic (exact) mass is 306 g/mol. The highest BCUT2D eigenvalue weighted by atomic mass is 19.4. The zero-order valence-electron chi connectivity index (χ0n) is 11.7. The number of hydrogen-bond acceptors (Lipinski definition) is 3. The molecule has 3 nitrogen and oxygen atoms in total. The van der Waals surface area contributed by atoms with Crippen LogP contribution >= 0.6 is 0 Å². The summed E-state index contributed by atoms with van der Waals surface area (Å²) in [6.45, 7) is 5.29. The normalized spacial score (nSPS) is 20.5. The fraction of sp³-hybridized carbons (Fsp3) is 0.571. The van der Waals surface area contributed by atoms with Crippen LogP contribution in [0.2, 0.25) is 0 Å². The number of hydrogen-bond donors (Lipinski definition) is 1. The molecule has 0 radical (unpaired) electrons. The fourth-order valence-electron chi connectivity index (χ4n) is 2.25. The van der Waals surface area contributed by atoms with E-state index in [1.807, 2.05) is 6.92 Å². The molecule has 0 bridgehead atoms. The third kappa shape index (κ3) is 4.31. The van der Waals surface area contributed by atoms with Gasteiger partial charge in [0.2, 0.25) is 0 Å². The summed E-state index contributed by atoms with van der Waals surface area (Å²) in [5, 5.41) is 2.71. The van der Waals surface area contributed by atoms with Crippen molar-refractivity contribution in [2.75, 3.05) is 38.1 Å². The Hall–Kier alpha value is -1.34. The molecule has 1 atom stereocenters. The first-order valence-corrected chi connectivity index (χ1v) is 6.84. The molecule has 1 unspecified atom stereocenters. The second-order valence-electron chi connectivity index (χ2n) is 4.96. The highest BCUT2D eigenvalue weighted by Crippen LogP contribution is 2.31. The van der Waals surface area contributed by atoms with Crippen molar-refractivity contribution in [2.24, 2.45) is 0 Å². The molecule has 0 aliphatic carbocycles. The number of morpholine rings is 1. The van der Waals surface area contributed by atoms with E-state index in [1.54, 1.807) is 0 Å². The number of ether oxygens (including phenoxy) is 1. The maximum Gasteiger partial charge on any atom is 0.416 e. The first kappa shape index (κ1) is 16.0. The molecule has 21 heavy (non-hydrogen) atoms. The van der Waals surface area contributed by atoms with Gasteiger partial charge in [-0.15, -0.1) is 0 Å². The van der Waals surface area contributed by atoms with E-state index in [-0.39, 0.29) is 18.3 Å². The lowest BCUT2D eigenvalue weighted by atomic mass is 10.1. The molecule has 0 aromatic heterocycles. The Labute approximate surface area is 120 Å². The summed E-state index contributed by atoms with van der Waals surface area (Å²) in [4.78, 5) is 2.18. The fourth-order valence-corrected chi connectivity index (χ4v) is 2.25. The lowest BCUT2D eigenvalue weighted by Crippen LogP contribution is -2.45. The van der Waals surface area contributed by atoms with E-state index in [0.29, 0.717) is 13.2 Å². The minimum atomic E-state index is -4.48. The quantitative estimate of drug-likeness (QED) is 0.866. The van der Waals surface area contributed by atoms with Crippen molar-refractivity contribution in [3.8, 4) is 0 Å². The van der Waals surface area contributed by atoms with Crippen molar-refractivity contribution in [1.82, 2.24) is 4.90 Å². The van der Waals surface area contributed by atoms with Gasteiger partial charge in [-0.25, -0.2) is 4.39 Å². The number of benzene rings is 1. The minimum absolute atomic E-state index is 0.151. The lowest BCUT2D eigenvalue weighted by molar-refractivity contribution is -0.137. The third-order valence-electron chi connectivity index (χ3n) is 3.48. The van der Waals surface area contributed by atoms with Gasteiger partial charge in [0, 0.05) is 19.6 Å². The van der Waals surface area contributed by atoms with Crippen LogP contribution in [0.3, 0.4) is 0 Å². The molecular formula is C14H18F4N2O. The summed E-state index contributed by atoms with van der Waals surface area (Å²) in [5.41, 5.74) is -1.02. The summed E-state index contributed by atoms with van der Waals surface area (Å²) < 4.78 is 56.9. The number of nitrogens with zero attached hydrogens (tertiary/aromatic N) is 1. The van der Waals surface area contributed by atoms with Gasteiger partial charge in [0.05, 0.1) is 24.0 Å². The van der Waals surface area contributed by atoms with Crippen LogP contribution in [0.25, 0.3) is 0 Å². The van der Waals surface area contributed by atoms with E-state index in [0.717, 1.165) is 31.3 Å². The molecule has 1 aromatic rings. The molecule has 1 fully saturated rings. The Kier molecular flexibility index (Phi) is 5.05. The number of halogens is 4. The van der Waals surface area contributed by atoms with Crippen molar-refractivity contribution in [3.63, 3.8) is 0 Å². The molecule has 1 N–H and O–H groups in total. The van der Waals surface area contributed by atoms with Crippen molar-refractivity contribution in [1.29, 1.82) is 0 Å².